The minimum atomic E-state index is -0.176. The number of thiophene rings is 1. The minimum absolute atomic E-state index is 0.00492. The van der Waals surface area contributed by atoms with E-state index in [4.69, 9.17) is 11.6 Å². The standard InChI is InChI=1S/C16H15ClN2O2S/c1-18-15(20)13-6-7-14(22-13)16(21)19-12-5-2-9-8-10(17)3-4-11(9)12/h3-4,6-8,12H,2,5H2,1H3,(H,18,20)(H,19,21)/t12-/m1/s1. The summed E-state index contributed by atoms with van der Waals surface area (Å²) in [6, 6.07) is 9.13. The number of nitrogens with one attached hydrogen (secondary N) is 2. The Morgan fingerprint density at radius 2 is 1.91 bits per heavy atom. The Hall–Kier alpha value is -1.85. The number of hydrogen-bond acceptors (Lipinski definition) is 3. The largest absolute Gasteiger partial charge is 0.354 e. The fourth-order valence-electron chi connectivity index (χ4n) is 2.67. The molecule has 3 rings (SSSR count). The van der Waals surface area contributed by atoms with Gasteiger partial charge in [-0.3, -0.25) is 9.59 Å². The summed E-state index contributed by atoms with van der Waals surface area (Å²) in [5.41, 5.74) is 2.32. The van der Waals surface area contributed by atoms with Gasteiger partial charge in [-0.15, -0.1) is 11.3 Å². The molecular formula is C16H15ClN2O2S. The number of benzene rings is 1. The maximum absolute atomic E-state index is 12.3. The van der Waals surface area contributed by atoms with Crippen LogP contribution in [0.25, 0.3) is 0 Å². The van der Waals surface area contributed by atoms with Gasteiger partial charge in [0.15, 0.2) is 0 Å². The first-order chi connectivity index (χ1) is 10.6. The molecule has 114 valence electrons. The highest BCUT2D eigenvalue weighted by molar-refractivity contribution is 7.15. The van der Waals surface area contributed by atoms with E-state index in [1.165, 1.54) is 16.9 Å². The van der Waals surface area contributed by atoms with Gasteiger partial charge in [-0.05, 0) is 48.2 Å². The molecule has 1 aromatic carbocycles. The highest BCUT2D eigenvalue weighted by atomic mass is 35.5. The van der Waals surface area contributed by atoms with E-state index in [0.29, 0.717) is 9.75 Å². The highest BCUT2D eigenvalue weighted by Gasteiger charge is 2.25. The number of fused-ring (bicyclic) bond motifs is 1. The van der Waals surface area contributed by atoms with E-state index in [2.05, 4.69) is 10.6 Å². The number of carbonyl (C=O) groups excluding carboxylic acids is 2. The summed E-state index contributed by atoms with van der Waals surface area (Å²) >= 11 is 7.19. The smallest absolute Gasteiger partial charge is 0.261 e. The van der Waals surface area contributed by atoms with Gasteiger partial charge in [0, 0.05) is 12.1 Å². The lowest BCUT2D eigenvalue weighted by atomic mass is 10.1. The summed E-state index contributed by atoms with van der Waals surface area (Å²) in [7, 11) is 1.57. The molecular weight excluding hydrogens is 320 g/mol. The van der Waals surface area contributed by atoms with E-state index in [1.807, 2.05) is 18.2 Å². The average Bonchev–Trinajstić information content (AvgIpc) is 3.13. The summed E-state index contributed by atoms with van der Waals surface area (Å²) in [6.07, 6.45) is 1.78. The number of hydrogen-bond donors (Lipinski definition) is 2. The second-order valence-electron chi connectivity index (χ2n) is 5.15. The van der Waals surface area contributed by atoms with Crippen molar-refractivity contribution < 1.29 is 9.59 Å². The lowest BCUT2D eigenvalue weighted by molar-refractivity contribution is 0.0939. The average molecular weight is 335 g/mol. The molecule has 2 amide bonds. The van der Waals surface area contributed by atoms with Crippen LogP contribution in [0.3, 0.4) is 0 Å². The Balaban J connectivity index is 1.73. The number of rotatable bonds is 3. The Morgan fingerprint density at radius 3 is 2.64 bits per heavy atom. The second kappa shape index (κ2) is 6.10. The monoisotopic (exact) mass is 334 g/mol. The van der Waals surface area contributed by atoms with Crippen molar-refractivity contribution in [3.8, 4) is 0 Å². The van der Waals surface area contributed by atoms with Crippen LogP contribution < -0.4 is 10.6 Å². The zero-order valence-corrected chi connectivity index (χ0v) is 13.6. The summed E-state index contributed by atoms with van der Waals surface area (Å²) in [5.74, 6) is -0.321. The van der Waals surface area contributed by atoms with Gasteiger partial charge in [0.1, 0.15) is 0 Å². The van der Waals surface area contributed by atoms with Crippen LogP contribution in [0.4, 0.5) is 0 Å². The molecule has 1 aliphatic rings. The first-order valence-corrected chi connectivity index (χ1v) is 8.19. The fourth-order valence-corrected chi connectivity index (χ4v) is 3.72. The molecule has 0 unspecified atom stereocenters. The number of aryl methyl sites for hydroxylation is 1. The lowest BCUT2D eigenvalue weighted by Crippen LogP contribution is -2.26. The van der Waals surface area contributed by atoms with Crippen LogP contribution in [0.2, 0.25) is 5.02 Å². The van der Waals surface area contributed by atoms with Crippen LogP contribution in [0.15, 0.2) is 30.3 Å². The van der Waals surface area contributed by atoms with Gasteiger partial charge in [0.25, 0.3) is 11.8 Å². The summed E-state index contributed by atoms with van der Waals surface area (Å²) in [6.45, 7) is 0. The van der Waals surface area contributed by atoms with Crippen molar-refractivity contribution in [2.24, 2.45) is 0 Å². The summed E-state index contributed by atoms with van der Waals surface area (Å²) in [5, 5.41) is 6.31. The molecule has 0 spiro atoms. The van der Waals surface area contributed by atoms with Crippen molar-refractivity contribution in [1.82, 2.24) is 10.6 Å². The van der Waals surface area contributed by atoms with E-state index in [-0.39, 0.29) is 17.9 Å². The van der Waals surface area contributed by atoms with Gasteiger partial charge in [0.05, 0.1) is 15.8 Å². The molecule has 1 heterocycles. The van der Waals surface area contributed by atoms with E-state index >= 15 is 0 Å². The molecule has 2 aromatic rings. The molecule has 0 saturated carbocycles. The van der Waals surface area contributed by atoms with E-state index in [9.17, 15) is 9.59 Å². The molecule has 0 fully saturated rings. The first-order valence-electron chi connectivity index (χ1n) is 6.99. The first kappa shape index (κ1) is 15.1. The third kappa shape index (κ3) is 2.87. The van der Waals surface area contributed by atoms with Gasteiger partial charge < -0.3 is 10.6 Å². The third-order valence-electron chi connectivity index (χ3n) is 3.77. The van der Waals surface area contributed by atoms with Gasteiger partial charge in [-0.25, -0.2) is 0 Å². The van der Waals surface area contributed by atoms with Gasteiger partial charge in [-0.1, -0.05) is 17.7 Å². The Labute approximate surface area is 137 Å². The van der Waals surface area contributed by atoms with Crippen LogP contribution in [0, 0.1) is 0 Å². The topological polar surface area (TPSA) is 58.2 Å². The predicted octanol–water partition coefficient (Wildman–Crippen LogP) is 3.18. The molecule has 1 aromatic heterocycles. The maximum atomic E-state index is 12.3. The minimum Gasteiger partial charge on any atom is -0.354 e. The SMILES string of the molecule is CNC(=O)c1ccc(C(=O)N[C@@H]2CCc3cc(Cl)ccc32)s1. The van der Waals surface area contributed by atoms with Crippen LogP contribution in [0.5, 0.6) is 0 Å². The van der Waals surface area contributed by atoms with Crippen molar-refractivity contribution in [1.29, 1.82) is 0 Å². The second-order valence-corrected chi connectivity index (χ2v) is 6.67. The summed E-state index contributed by atoms with van der Waals surface area (Å²) in [4.78, 5) is 25.0. The zero-order chi connectivity index (χ0) is 15.7. The Bertz CT molecular complexity index is 741. The molecule has 2 N–H and O–H groups in total. The van der Waals surface area contributed by atoms with Crippen molar-refractivity contribution >= 4 is 34.8 Å². The van der Waals surface area contributed by atoms with Crippen LogP contribution in [-0.4, -0.2) is 18.9 Å². The van der Waals surface area contributed by atoms with Crippen molar-refractivity contribution in [3.63, 3.8) is 0 Å². The Kier molecular flexibility index (Phi) is 4.18. The molecule has 0 aliphatic heterocycles. The van der Waals surface area contributed by atoms with E-state index in [0.717, 1.165) is 23.4 Å². The molecule has 1 aliphatic carbocycles. The maximum Gasteiger partial charge on any atom is 0.261 e. The van der Waals surface area contributed by atoms with Crippen molar-refractivity contribution in [3.05, 3.63) is 56.2 Å². The lowest BCUT2D eigenvalue weighted by Gasteiger charge is -2.13. The molecule has 0 radical (unpaired) electrons. The van der Waals surface area contributed by atoms with Crippen LogP contribution in [0.1, 0.15) is 42.9 Å². The van der Waals surface area contributed by atoms with E-state index < -0.39 is 0 Å². The van der Waals surface area contributed by atoms with Crippen molar-refractivity contribution in [2.75, 3.05) is 7.05 Å². The Morgan fingerprint density at radius 1 is 1.18 bits per heavy atom. The molecule has 4 nitrogen and oxygen atoms in total. The number of halogens is 1. The van der Waals surface area contributed by atoms with Gasteiger partial charge in [-0.2, -0.15) is 0 Å². The quantitative estimate of drug-likeness (QED) is 0.905. The third-order valence-corrected chi connectivity index (χ3v) is 5.09. The van der Waals surface area contributed by atoms with Gasteiger partial charge >= 0.3 is 0 Å². The molecule has 22 heavy (non-hydrogen) atoms. The van der Waals surface area contributed by atoms with E-state index in [1.54, 1.807) is 19.2 Å². The molecule has 0 saturated heterocycles. The number of carbonyl (C=O) groups is 2. The van der Waals surface area contributed by atoms with Crippen LogP contribution in [-0.2, 0) is 6.42 Å². The molecule has 6 heteroatoms. The molecule has 0 bridgehead atoms. The van der Waals surface area contributed by atoms with Crippen molar-refractivity contribution in [2.45, 2.75) is 18.9 Å². The van der Waals surface area contributed by atoms with Crippen LogP contribution >= 0.6 is 22.9 Å². The normalized spacial score (nSPS) is 16.2. The number of amides is 2. The fraction of sp³-hybridized carbons (Fsp3) is 0.250. The van der Waals surface area contributed by atoms with Gasteiger partial charge in [0.2, 0.25) is 0 Å². The zero-order valence-electron chi connectivity index (χ0n) is 12.0. The highest BCUT2D eigenvalue weighted by Crippen LogP contribution is 2.33. The predicted molar refractivity (Wildman–Crippen MR) is 87.7 cm³/mol. The molecule has 1 atom stereocenters. The summed E-state index contributed by atoms with van der Waals surface area (Å²) < 4.78 is 0.